The lowest BCUT2D eigenvalue weighted by atomic mass is 9.95. The highest BCUT2D eigenvalue weighted by molar-refractivity contribution is 7.91. The Morgan fingerprint density at radius 3 is 2.33 bits per heavy atom. The van der Waals surface area contributed by atoms with Gasteiger partial charge in [-0.3, -0.25) is 0 Å². The first-order chi connectivity index (χ1) is 14.4. The minimum atomic E-state index is -3.99. The van der Waals surface area contributed by atoms with Gasteiger partial charge in [0.05, 0.1) is 4.90 Å². The molecular weight excluding hydrogens is 427 g/mol. The second-order valence-electron chi connectivity index (χ2n) is 7.43. The summed E-state index contributed by atoms with van der Waals surface area (Å²) < 4.78 is 46.0. The van der Waals surface area contributed by atoms with Crippen LogP contribution in [0.5, 0.6) is 0 Å². The van der Waals surface area contributed by atoms with Gasteiger partial charge in [0.25, 0.3) is 0 Å². The van der Waals surface area contributed by atoms with Crippen molar-refractivity contribution < 1.29 is 17.2 Å². The zero-order valence-electron chi connectivity index (χ0n) is 16.5. The standard InChI is InChI=1S/C22H22ClFN2O3S/c1-2-15-11-13-26(14-12-15)22-21(30(27,28)19-9-7-18(24)8-10-19)25-20(29-22)16-3-5-17(23)6-4-16/h3-10,15H,2,11-14H2,1H3. The molecule has 158 valence electrons. The fourth-order valence-corrected chi connectivity index (χ4v) is 5.11. The molecule has 4 rings (SSSR count). The van der Waals surface area contributed by atoms with Crippen LogP contribution in [-0.2, 0) is 9.84 Å². The fourth-order valence-electron chi connectivity index (χ4n) is 3.66. The second-order valence-corrected chi connectivity index (χ2v) is 9.73. The van der Waals surface area contributed by atoms with Crippen molar-refractivity contribution in [3.05, 3.63) is 59.4 Å². The molecule has 0 saturated carbocycles. The van der Waals surface area contributed by atoms with Crippen molar-refractivity contribution >= 4 is 27.3 Å². The summed E-state index contributed by atoms with van der Waals surface area (Å²) in [5.74, 6) is 0.564. The molecule has 0 atom stereocenters. The van der Waals surface area contributed by atoms with Crippen molar-refractivity contribution in [1.29, 1.82) is 0 Å². The largest absolute Gasteiger partial charge is 0.419 e. The molecule has 2 heterocycles. The van der Waals surface area contributed by atoms with Crippen LogP contribution in [0, 0.1) is 11.7 Å². The van der Waals surface area contributed by atoms with Crippen LogP contribution in [0.3, 0.4) is 0 Å². The van der Waals surface area contributed by atoms with Gasteiger partial charge in [-0.15, -0.1) is 0 Å². The van der Waals surface area contributed by atoms with Crippen LogP contribution in [0.2, 0.25) is 5.02 Å². The lowest BCUT2D eigenvalue weighted by Crippen LogP contribution is -2.34. The molecule has 0 aliphatic carbocycles. The summed E-state index contributed by atoms with van der Waals surface area (Å²) in [6, 6.07) is 11.6. The van der Waals surface area contributed by atoms with Gasteiger partial charge in [0.15, 0.2) is 0 Å². The fraction of sp³-hybridized carbons (Fsp3) is 0.318. The molecule has 2 aromatic carbocycles. The van der Waals surface area contributed by atoms with Crippen molar-refractivity contribution in [1.82, 2.24) is 4.98 Å². The number of rotatable bonds is 5. The van der Waals surface area contributed by atoms with Gasteiger partial charge in [-0.25, -0.2) is 12.8 Å². The van der Waals surface area contributed by atoms with Crippen LogP contribution >= 0.6 is 11.6 Å². The number of aromatic nitrogens is 1. The maximum absolute atomic E-state index is 13.3. The predicted octanol–water partition coefficient (Wildman–Crippen LogP) is 5.59. The number of halogens is 2. The Bertz CT molecular complexity index is 1120. The topological polar surface area (TPSA) is 63.4 Å². The van der Waals surface area contributed by atoms with E-state index in [4.69, 9.17) is 16.0 Å². The zero-order chi connectivity index (χ0) is 21.3. The van der Waals surface area contributed by atoms with Crippen LogP contribution in [-0.4, -0.2) is 26.5 Å². The number of hydrogen-bond acceptors (Lipinski definition) is 5. The highest BCUT2D eigenvalue weighted by Crippen LogP contribution is 2.37. The Hall–Kier alpha value is -2.38. The molecule has 0 spiro atoms. The molecular formula is C22H22ClFN2O3S. The molecule has 1 aromatic heterocycles. The summed E-state index contributed by atoms with van der Waals surface area (Å²) in [6.07, 6.45) is 3.02. The number of oxazole rings is 1. The van der Waals surface area contributed by atoms with Crippen LogP contribution in [0.4, 0.5) is 10.3 Å². The number of anilines is 1. The molecule has 0 radical (unpaired) electrons. The normalized spacial score (nSPS) is 15.5. The first-order valence-corrected chi connectivity index (χ1v) is 11.8. The molecule has 1 fully saturated rings. The van der Waals surface area contributed by atoms with E-state index in [1.54, 1.807) is 24.3 Å². The monoisotopic (exact) mass is 448 g/mol. The van der Waals surface area contributed by atoms with Crippen LogP contribution in [0.15, 0.2) is 62.9 Å². The first-order valence-electron chi connectivity index (χ1n) is 9.91. The summed E-state index contributed by atoms with van der Waals surface area (Å²) >= 11 is 5.96. The van der Waals surface area contributed by atoms with E-state index in [9.17, 15) is 12.8 Å². The van der Waals surface area contributed by atoms with Gasteiger partial charge in [0.2, 0.25) is 26.6 Å². The number of nitrogens with zero attached hydrogens (tertiary/aromatic N) is 2. The molecule has 1 aliphatic heterocycles. The van der Waals surface area contributed by atoms with E-state index in [1.165, 1.54) is 12.1 Å². The lowest BCUT2D eigenvalue weighted by molar-refractivity contribution is 0.380. The molecule has 8 heteroatoms. The van der Waals surface area contributed by atoms with Crippen molar-refractivity contribution in [2.75, 3.05) is 18.0 Å². The van der Waals surface area contributed by atoms with E-state index in [2.05, 4.69) is 11.9 Å². The molecule has 1 aliphatic rings. The summed E-state index contributed by atoms with van der Waals surface area (Å²) in [5, 5.41) is 0.417. The molecule has 3 aromatic rings. The lowest BCUT2D eigenvalue weighted by Gasteiger charge is -2.31. The van der Waals surface area contributed by atoms with Crippen molar-refractivity contribution in [3.8, 4) is 11.5 Å². The molecule has 0 N–H and O–H groups in total. The zero-order valence-corrected chi connectivity index (χ0v) is 18.1. The summed E-state index contributed by atoms with van der Waals surface area (Å²) in [5.41, 5.74) is 0.629. The molecule has 5 nitrogen and oxygen atoms in total. The molecule has 0 unspecified atom stereocenters. The summed E-state index contributed by atoms with van der Waals surface area (Å²) in [4.78, 5) is 6.28. The van der Waals surface area contributed by atoms with E-state index in [0.29, 0.717) is 29.6 Å². The van der Waals surface area contributed by atoms with Crippen molar-refractivity contribution in [2.45, 2.75) is 36.1 Å². The van der Waals surface area contributed by atoms with E-state index in [0.717, 1.165) is 31.4 Å². The number of hydrogen-bond donors (Lipinski definition) is 0. The quantitative estimate of drug-likeness (QED) is 0.476. The van der Waals surface area contributed by atoms with E-state index in [1.807, 2.05) is 4.90 Å². The Kier molecular flexibility index (Phi) is 5.84. The first kappa shape index (κ1) is 20.9. The van der Waals surface area contributed by atoms with Gasteiger partial charge in [-0.05, 0) is 67.3 Å². The summed E-state index contributed by atoms with van der Waals surface area (Å²) in [6.45, 7) is 3.55. The smallest absolute Gasteiger partial charge is 0.236 e. The Balaban J connectivity index is 1.79. The molecule has 1 saturated heterocycles. The van der Waals surface area contributed by atoms with Gasteiger partial charge in [0, 0.05) is 23.7 Å². The Morgan fingerprint density at radius 1 is 1.10 bits per heavy atom. The number of benzene rings is 2. The Labute approximate surface area is 180 Å². The third-order valence-electron chi connectivity index (χ3n) is 5.53. The van der Waals surface area contributed by atoms with Crippen LogP contribution in [0.25, 0.3) is 11.5 Å². The number of piperidine rings is 1. The SMILES string of the molecule is CCC1CCN(c2oc(-c3ccc(Cl)cc3)nc2S(=O)(=O)c2ccc(F)cc2)CC1. The minimum Gasteiger partial charge on any atom is -0.419 e. The molecule has 0 amide bonds. The average molecular weight is 449 g/mol. The van der Waals surface area contributed by atoms with Gasteiger partial charge in [-0.2, -0.15) is 4.98 Å². The highest BCUT2D eigenvalue weighted by Gasteiger charge is 2.33. The van der Waals surface area contributed by atoms with Crippen molar-refractivity contribution in [2.24, 2.45) is 5.92 Å². The maximum atomic E-state index is 13.3. The summed E-state index contributed by atoms with van der Waals surface area (Å²) in [7, 11) is -3.99. The second kappa shape index (κ2) is 8.40. The van der Waals surface area contributed by atoms with Crippen LogP contribution < -0.4 is 4.90 Å². The number of sulfone groups is 1. The maximum Gasteiger partial charge on any atom is 0.236 e. The predicted molar refractivity (Wildman–Crippen MR) is 114 cm³/mol. The highest BCUT2D eigenvalue weighted by atomic mass is 35.5. The van der Waals surface area contributed by atoms with Crippen LogP contribution in [0.1, 0.15) is 26.2 Å². The third kappa shape index (κ3) is 4.09. The third-order valence-corrected chi connectivity index (χ3v) is 7.45. The van der Waals surface area contributed by atoms with Crippen molar-refractivity contribution in [3.63, 3.8) is 0 Å². The van der Waals surface area contributed by atoms with E-state index >= 15 is 0 Å². The minimum absolute atomic E-state index is 0.0236. The van der Waals surface area contributed by atoms with Gasteiger partial charge in [0.1, 0.15) is 5.82 Å². The Morgan fingerprint density at radius 2 is 1.73 bits per heavy atom. The van der Waals surface area contributed by atoms with Gasteiger partial charge in [-0.1, -0.05) is 24.9 Å². The average Bonchev–Trinajstić information content (AvgIpc) is 3.21. The van der Waals surface area contributed by atoms with E-state index < -0.39 is 15.7 Å². The molecule has 0 bridgehead atoms. The van der Waals surface area contributed by atoms with E-state index in [-0.39, 0.29) is 21.7 Å². The van der Waals surface area contributed by atoms with Gasteiger partial charge >= 0.3 is 0 Å². The molecule has 30 heavy (non-hydrogen) atoms. The van der Waals surface area contributed by atoms with Gasteiger partial charge < -0.3 is 9.32 Å².